The Balaban J connectivity index is 1.57. The van der Waals surface area contributed by atoms with Crippen molar-refractivity contribution in [1.29, 1.82) is 0 Å². The van der Waals surface area contributed by atoms with Crippen LogP contribution in [0.15, 0.2) is 70.2 Å². The van der Waals surface area contributed by atoms with E-state index in [2.05, 4.69) is 26.5 Å². The van der Waals surface area contributed by atoms with Gasteiger partial charge in [-0.25, -0.2) is 10.2 Å². The molecule has 1 amide bonds. The molecule has 0 spiro atoms. The Kier molecular flexibility index (Phi) is 8.21. The Morgan fingerprint density at radius 1 is 1.03 bits per heavy atom. The zero-order valence-electron chi connectivity index (χ0n) is 18.4. The van der Waals surface area contributed by atoms with E-state index in [1.54, 1.807) is 42.5 Å². The van der Waals surface area contributed by atoms with E-state index in [0.29, 0.717) is 22.6 Å². The van der Waals surface area contributed by atoms with Crippen LogP contribution < -0.4 is 19.6 Å². The molecule has 0 saturated carbocycles. The summed E-state index contributed by atoms with van der Waals surface area (Å²) < 4.78 is 17.1. The first kappa shape index (κ1) is 24.0. The molecular weight excluding hydrogens is 488 g/mol. The molecule has 33 heavy (non-hydrogen) atoms. The molecule has 7 nitrogen and oxygen atoms in total. The number of hydrogen-bond donors (Lipinski definition) is 1. The van der Waals surface area contributed by atoms with Gasteiger partial charge in [-0.15, -0.1) is 0 Å². The molecule has 0 saturated heterocycles. The molecule has 0 radical (unpaired) electrons. The van der Waals surface area contributed by atoms with E-state index in [9.17, 15) is 9.59 Å². The summed E-state index contributed by atoms with van der Waals surface area (Å²) in [4.78, 5) is 24.4. The molecule has 0 atom stereocenters. The van der Waals surface area contributed by atoms with Crippen LogP contribution in [0, 0.1) is 13.8 Å². The molecule has 1 N–H and O–H groups in total. The van der Waals surface area contributed by atoms with Crippen LogP contribution in [0.5, 0.6) is 17.2 Å². The number of nitrogens with one attached hydrogen (secondary N) is 1. The van der Waals surface area contributed by atoms with Gasteiger partial charge in [0, 0.05) is 0 Å². The SMILES string of the molecule is COc1cc(C=NNC(=O)COc2c(C)cc(C)cc2Br)ccc1OC(=O)c1ccccc1. The highest BCUT2D eigenvalue weighted by molar-refractivity contribution is 9.10. The number of aryl methyl sites for hydroxylation is 2. The van der Waals surface area contributed by atoms with E-state index in [1.165, 1.54) is 13.3 Å². The molecule has 0 aliphatic carbocycles. The van der Waals surface area contributed by atoms with E-state index in [-0.39, 0.29) is 12.4 Å². The van der Waals surface area contributed by atoms with Crippen LogP contribution in [0.25, 0.3) is 0 Å². The minimum atomic E-state index is -0.488. The van der Waals surface area contributed by atoms with Crippen molar-refractivity contribution in [3.63, 3.8) is 0 Å². The summed E-state index contributed by atoms with van der Waals surface area (Å²) in [5, 5.41) is 3.95. The highest BCUT2D eigenvalue weighted by Gasteiger charge is 2.13. The second-order valence-electron chi connectivity index (χ2n) is 7.14. The van der Waals surface area contributed by atoms with Crippen molar-refractivity contribution in [1.82, 2.24) is 5.43 Å². The summed E-state index contributed by atoms with van der Waals surface area (Å²) in [5.41, 5.74) is 5.52. The Bertz CT molecular complexity index is 1160. The quantitative estimate of drug-likeness (QED) is 0.203. The van der Waals surface area contributed by atoms with Gasteiger partial charge in [-0.05, 0) is 82.9 Å². The van der Waals surface area contributed by atoms with Crippen LogP contribution >= 0.6 is 15.9 Å². The Labute approximate surface area is 200 Å². The van der Waals surface area contributed by atoms with Gasteiger partial charge in [-0.2, -0.15) is 5.10 Å². The Hall–Kier alpha value is -3.65. The number of carbonyl (C=O) groups excluding carboxylic acids is 2. The van der Waals surface area contributed by atoms with Crippen LogP contribution in [0.1, 0.15) is 27.0 Å². The van der Waals surface area contributed by atoms with Crippen molar-refractivity contribution in [2.24, 2.45) is 5.10 Å². The number of ether oxygens (including phenoxy) is 3. The van der Waals surface area contributed by atoms with E-state index >= 15 is 0 Å². The third kappa shape index (κ3) is 6.66. The molecule has 0 bridgehead atoms. The number of rotatable bonds is 8. The highest BCUT2D eigenvalue weighted by atomic mass is 79.9. The second kappa shape index (κ2) is 11.3. The summed E-state index contributed by atoms with van der Waals surface area (Å²) in [6.45, 7) is 3.71. The number of esters is 1. The maximum Gasteiger partial charge on any atom is 0.343 e. The van der Waals surface area contributed by atoms with Gasteiger partial charge in [-0.1, -0.05) is 24.3 Å². The molecule has 0 aromatic heterocycles. The normalized spacial score (nSPS) is 10.7. The topological polar surface area (TPSA) is 86.2 Å². The molecule has 0 fully saturated rings. The lowest BCUT2D eigenvalue weighted by Crippen LogP contribution is -2.24. The number of amides is 1. The predicted octanol–water partition coefficient (Wildman–Crippen LogP) is 4.82. The van der Waals surface area contributed by atoms with Crippen molar-refractivity contribution in [2.75, 3.05) is 13.7 Å². The molecular formula is C25H23BrN2O5. The smallest absolute Gasteiger partial charge is 0.343 e. The Morgan fingerprint density at radius 3 is 2.48 bits per heavy atom. The van der Waals surface area contributed by atoms with Crippen LogP contribution in [-0.2, 0) is 4.79 Å². The molecule has 0 heterocycles. The number of benzene rings is 3. The van der Waals surface area contributed by atoms with Gasteiger partial charge in [0.15, 0.2) is 18.1 Å². The Morgan fingerprint density at radius 2 is 1.79 bits per heavy atom. The lowest BCUT2D eigenvalue weighted by molar-refractivity contribution is -0.123. The molecule has 8 heteroatoms. The molecule has 0 aliphatic rings. The number of hydrogen-bond acceptors (Lipinski definition) is 6. The summed E-state index contributed by atoms with van der Waals surface area (Å²) >= 11 is 3.45. The maximum atomic E-state index is 12.3. The third-order valence-electron chi connectivity index (χ3n) is 4.52. The second-order valence-corrected chi connectivity index (χ2v) is 7.99. The van der Waals surface area contributed by atoms with E-state index in [4.69, 9.17) is 14.2 Å². The van der Waals surface area contributed by atoms with Crippen LogP contribution in [0.4, 0.5) is 0 Å². The summed E-state index contributed by atoms with van der Waals surface area (Å²) in [6, 6.07) is 17.5. The van der Waals surface area contributed by atoms with Gasteiger partial charge in [-0.3, -0.25) is 4.79 Å². The van der Waals surface area contributed by atoms with Gasteiger partial charge in [0.2, 0.25) is 0 Å². The van der Waals surface area contributed by atoms with Crippen LogP contribution in [-0.4, -0.2) is 31.8 Å². The lowest BCUT2D eigenvalue weighted by atomic mass is 10.1. The average molecular weight is 511 g/mol. The first-order valence-corrected chi connectivity index (χ1v) is 10.8. The molecule has 3 rings (SSSR count). The van der Waals surface area contributed by atoms with E-state index in [1.807, 2.05) is 32.0 Å². The molecule has 170 valence electrons. The minimum Gasteiger partial charge on any atom is -0.493 e. The van der Waals surface area contributed by atoms with Gasteiger partial charge in [0.25, 0.3) is 5.91 Å². The van der Waals surface area contributed by atoms with Crippen LogP contribution in [0.2, 0.25) is 0 Å². The number of nitrogens with zero attached hydrogens (tertiary/aromatic N) is 1. The van der Waals surface area contributed by atoms with Crippen LogP contribution in [0.3, 0.4) is 0 Å². The number of halogens is 1. The summed E-state index contributed by atoms with van der Waals surface area (Å²) in [7, 11) is 1.47. The average Bonchev–Trinajstić information content (AvgIpc) is 2.79. The standard InChI is InChI=1S/C25H23BrN2O5/c1-16-11-17(2)24(20(26)12-16)32-15-23(29)28-27-14-18-9-10-21(22(13-18)31-3)33-25(30)19-7-5-4-6-8-19/h4-14H,15H2,1-3H3,(H,28,29). The minimum absolute atomic E-state index is 0.183. The lowest BCUT2D eigenvalue weighted by Gasteiger charge is -2.11. The third-order valence-corrected chi connectivity index (χ3v) is 5.11. The van der Waals surface area contributed by atoms with Crippen molar-refractivity contribution < 1.29 is 23.8 Å². The zero-order chi connectivity index (χ0) is 23.8. The van der Waals surface area contributed by atoms with E-state index < -0.39 is 11.9 Å². The van der Waals surface area contributed by atoms with Gasteiger partial charge < -0.3 is 14.2 Å². The van der Waals surface area contributed by atoms with Gasteiger partial charge >= 0.3 is 5.97 Å². The highest BCUT2D eigenvalue weighted by Crippen LogP contribution is 2.30. The number of carbonyl (C=O) groups is 2. The fourth-order valence-corrected chi connectivity index (χ4v) is 3.80. The van der Waals surface area contributed by atoms with Gasteiger partial charge in [0.05, 0.1) is 23.4 Å². The first-order valence-electron chi connectivity index (χ1n) is 10.0. The summed E-state index contributed by atoms with van der Waals surface area (Å²) in [6.07, 6.45) is 1.45. The predicted molar refractivity (Wildman–Crippen MR) is 129 cm³/mol. The van der Waals surface area contributed by atoms with Crippen molar-refractivity contribution in [2.45, 2.75) is 13.8 Å². The molecule has 0 unspecified atom stereocenters. The molecule has 3 aromatic rings. The fraction of sp³-hybridized carbons (Fsp3) is 0.160. The largest absolute Gasteiger partial charge is 0.493 e. The monoisotopic (exact) mass is 510 g/mol. The zero-order valence-corrected chi connectivity index (χ0v) is 20.0. The first-order chi connectivity index (χ1) is 15.9. The fourth-order valence-electron chi connectivity index (χ4n) is 3.02. The number of methoxy groups -OCH3 is 1. The van der Waals surface area contributed by atoms with Crippen molar-refractivity contribution in [3.05, 3.63) is 87.4 Å². The van der Waals surface area contributed by atoms with E-state index in [0.717, 1.165) is 15.6 Å². The summed E-state index contributed by atoms with van der Waals surface area (Å²) in [5.74, 6) is 0.360. The number of hydrazone groups is 1. The maximum absolute atomic E-state index is 12.3. The van der Waals surface area contributed by atoms with Crippen molar-refractivity contribution >= 4 is 34.0 Å². The molecule has 0 aliphatic heterocycles. The molecule has 3 aromatic carbocycles. The van der Waals surface area contributed by atoms with Crippen molar-refractivity contribution in [3.8, 4) is 17.2 Å². The van der Waals surface area contributed by atoms with Gasteiger partial charge in [0.1, 0.15) is 5.75 Å².